The molecule has 0 aromatic carbocycles. The van der Waals surface area contributed by atoms with E-state index in [-0.39, 0.29) is 25.7 Å². The van der Waals surface area contributed by atoms with E-state index in [4.69, 9.17) is 21.3 Å². The van der Waals surface area contributed by atoms with Gasteiger partial charge in [-0.1, -0.05) is 18.8 Å². The molecule has 19 heavy (non-hydrogen) atoms. The molecule has 0 bridgehead atoms. The molecule has 0 saturated carbocycles. The number of rotatable bonds is 7. The van der Waals surface area contributed by atoms with Crippen LogP contribution < -0.4 is 4.84 Å². The van der Waals surface area contributed by atoms with Crippen LogP contribution in [0.1, 0.15) is 26.2 Å². The van der Waals surface area contributed by atoms with Crippen molar-refractivity contribution in [1.82, 2.24) is 4.84 Å². The van der Waals surface area contributed by atoms with Gasteiger partial charge in [-0.15, -0.1) is 0 Å². The molecule has 5 nitrogen and oxygen atoms in total. The molecular weight excluding hydrogens is 270 g/mol. The van der Waals surface area contributed by atoms with Crippen LogP contribution in [-0.4, -0.2) is 31.7 Å². The number of halogens is 1. The SMILES string of the molecule is CCC(=O)OCCC#CC#CCCOC(=O)CNCl. The van der Waals surface area contributed by atoms with Crippen molar-refractivity contribution in [2.75, 3.05) is 19.8 Å². The molecular formula is C13H16ClNO4. The van der Waals surface area contributed by atoms with Crippen LogP contribution in [0, 0.1) is 23.7 Å². The molecule has 0 heterocycles. The second-order valence-electron chi connectivity index (χ2n) is 3.21. The first-order chi connectivity index (χ1) is 9.20. The second kappa shape index (κ2) is 12.8. The third-order valence-electron chi connectivity index (χ3n) is 1.72. The van der Waals surface area contributed by atoms with Crippen LogP contribution in [-0.2, 0) is 19.1 Å². The van der Waals surface area contributed by atoms with Crippen molar-refractivity contribution < 1.29 is 19.1 Å². The fourth-order valence-corrected chi connectivity index (χ4v) is 0.962. The van der Waals surface area contributed by atoms with Crippen LogP contribution in [0.15, 0.2) is 0 Å². The minimum Gasteiger partial charge on any atom is -0.465 e. The second-order valence-corrected chi connectivity index (χ2v) is 3.48. The molecule has 0 aromatic heterocycles. The van der Waals surface area contributed by atoms with Gasteiger partial charge in [-0.25, -0.2) is 4.84 Å². The van der Waals surface area contributed by atoms with Crippen LogP contribution in [0.2, 0.25) is 0 Å². The summed E-state index contributed by atoms with van der Waals surface area (Å²) in [4.78, 5) is 23.8. The molecule has 0 saturated heterocycles. The molecule has 0 radical (unpaired) electrons. The summed E-state index contributed by atoms with van der Waals surface area (Å²) < 4.78 is 9.59. The minimum atomic E-state index is -0.430. The maximum Gasteiger partial charge on any atom is 0.321 e. The number of ether oxygens (including phenoxy) is 2. The lowest BCUT2D eigenvalue weighted by Gasteiger charge is -1.99. The van der Waals surface area contributed by atoms with E-state index in [9.17, 15) is 9.59 Å². The smallest absolute Gasteiger partial charge is 0.321 e. The Hall–Kier alpha value is -1.69. The minimum absolute atomic E-state index is 0.0364. The Kier molecular flexibility index (Phi) is 11.6. The Balaban J connectivity index is 3.54. The zero-order chi connectivity index (χ0) is 14.3. The predicted octanol–water partition coefficient (Wildman–Crippen LogP) is 1.01. The van der Waals surface area contributed by atoms with Crippen molar-refractivity contribution >= 4 is 23.7 Å². The molecule has 0 rings (SSSR count). The van der Waals surface area contributed by atoms with E-state index in [1.54, 1.807) is 6.92 Å². The van der Waals surface area contributed by atoms with Crippen molar-refractivity contribution in [3.8, 4) is 23.7 Å². The summed E-state index contributed by atoms with van der Waals surface area (Å²) in [5.41, 5.74) is 0. The molecule has 6 heteroatoms. The van der Waals surface area contributed by atoms with Gasteiger partial charge in [-0.3, -0.25) is 9.59 Å². The highest BCUT2D eigenvalue weighted by Gasteiger charge is 1.98. The van der Waals surface area contributed by atoms with E-state index in [1.807, 2.05) is 0 Å². The van der Waals surface area contributed by atoms with Gasteiger partial charge in [-0.05, 0) is 23.6 Å². The summed E-state index contributed by atoms with van der Waals surface area (Å²) in [7, 11) is 0. The Morgan fingerprint density at radius 3 is 2.05 bits per heavy atom. The first-order valence-electron chi connectivity index (χ1n) is 5.81. The third-order valence-corrected chi connectivity index (χ3v) is 1.85. The van der Waals surface area contributed by atoms with Gasteiger partial charge in [0.15, 0.2) is 0 Å². The maximum atomic E-state index is 10.8. The predicted molar refractivity (Wildman–Crippen MR) is 70.9 cm³/mol. The summed E-state index contributed by atoms with van der Waals surface area (Å²) in [6, 6.07) is 0. The van der Waals surface area contributed by atoms with Crippen LogP contribution in [0.5, 0.6) is 0 Å². The zero-order valence-corrected chi connectivity index (χ0v) is 11.5. The van der Waals surface area contributed by atoms with Crippen molar-refractivity contribution in [3.05, 3.63) is 0 Å². The van der Waals surface area contributed by atoms with Crippen molar-refractivity contribution in [2.45, 2.75) is 26.2 Å². The first kappa shape index (κ1) is 17.3. The average Bonchev–Trinajstić information content (AvgIpc) is 2.40. The summed E-state index contributed by atoms with van der Waals surface area (Å²) in [6.45, 7) is 2.19. The molecule has 0 atom stereocenters. The largest absolute Gasteiger partial charge is 0.465 e. The molecule has 0 unspecified atom stereocenters. The van der Waals surface area contributed by atoms with E-state index in [2.05, 4.69) is 28.5 Å². The highest BCUT2D eigenvalue weighted by Crippen LogP contribution is 1.86. The van der Waals surface area contributed by atoms with Gasteiger partial charge in [0, 0.05) is 19.3 Å². The van der Waals surface area contributed by atoms with Crippen LogP contribution in [0.25, 0.3) is 0 Å². The third kappa shape index (κ3) is 12.6. The van der Waals surface area contributed by atoms with Gasteiger partial charge in [-0.2, -0.15) is 0 Å². The first-order valence-corrected chi connectivity index (χ1v) is 6.19. The van der Waals surface area contributed by atoms with Gasteiger partial charge in [0.2, 0.25) is 0 Å². The van der Waals surface area contributed by atoms with Crippen LogP contribution >= 0.6 is 11.8 Å². The normalized spacial score (nSPS) is 8.53. The summed E-state index contributed by atoms with van der Waals surface area (Å²) in [6.07, 6.45) is 1.23. The van der Waals surface area contributed by atoms with E-state index >= 15 is 0 Å². The lowest BCUT2D eigenvalue weighted by Crippen LogP contribution is -2.17. The number of hydrogen-bond donors (Lipinski definition) is 1. The van der Waals surface area contributed by atoms with Crippen LogP contribution in [0.3, 0.4) is 0 Å². The Bertz CT molecular complexity index is 400. The van der Waals surface area contributed by atoms with Gasteiger partial charge in [0.1, 0.15) is 19.8 Å². The molecule has 1 N–H and O–H groups in total. The van der Waals surface area contributed by atoms with Crippen molar-refractivity contribution in [2.24, 2.45) is 0 Å². The van der Waals surface area contributed by atoms with Crippen LogP contribution in [0.4, 0.5) is 0 Å². The summed E-state index contributed by atoms with van der Waals surface area (Å²) >= 11 is 5.12. The quantitative estimate of drug-likeness (QED) is 0.327. The lowest BCUT2D eigenvalue weighted by molar-refractivity contribution is -0.143. The fourth-order valence-electron chi connectivity index (χ4n) is 0.853. The molecule has 0 fully saturated rings. The fraction of sp³-hybridized carbons (Fsp3) is 0.538. The Morgan fingerprint density at radius 2 is 1.58 bits per heavy atom. The maximum absolute atomic E-state index is 10.8. The number of carbonyl (C=O) groups is 2. The summed E-state index contributed by atoms with van der Waals surface area (Å²) in [5.74, 6) is 10.0. The molecule has 0 aliphatic heterocycles. The highest BCUT2D eigenvalue weighted by atomic mass is 35.5. The molecule has 0 aromatic rings. The van der Waals surface area contributed by atoms with Crippen molar-refractivity contribution in [1.29, 1.82) is 0 Å². The average molecular weight is 286 g/mol. The zero-order valence-electron chi connectivity index (χ0n) is 10.8. The molecule has 0 aliphatic rings. The monoisotopic (exact) mass is 285 g/mol. The molecule has 0 amide bonds. The standard InChI is InChI=1S/C13H16ClNO4/c1-2-12(16)18-9-7-5-3-4-6-8-10-19-13(17)11-15-14/h15H,2,7-11H2,1H3. The van der Waals surface area contributed by atoms with Crippen molar-refractivity contribution in [3.63, 3.8) is 0 Å². The Labute approximate surface area is 118 Å². The van der Waals surface area contributed by atoms with Gasteiger partial charge < -0.3 is 9.47 Å². The number of hydrogen-bond acceptors (Lipinski definition) is 5. The number of esters is 2. The van der Waals surface area contributed by atoms with Gasteiger partial charge >= 0.3 is 11.9 Å². The highest BCUT2D eigenvalue weighted by molar-refractivity contribution is 6.14. The van der Waals surface area contributed by atoms with E-state index in [1.165, 1.54) is 0 Å². The van der Waals surface area contributed by atoms with E-state index in [0.717, 1.165) is 0 Å². The van der Waals surface area contributed by atoms with Gasteiger partial charge in [0.05, 0.1) is 0 Å². The topological polar surface area (TPSA) is 64.6 Å². The van der Waals surface area contributed by atoms with E-state index < -0.39 is 5.97 Å². The lowest BCUT2D eigenvalue weighted by atomic mass is 10.4. The molecule has 0 spiro atoms. The number of nitrogens with one attached hydrogen (secondary N) is 1. The molecule has 0 aliphatic carbocycles. The van der Waals surface area contributed by atoms with E-state index in [0.29, 0.717) is 19.3 Å². The van der Waals surface area contributed by atoms with Gasteiger partial charge in [0.25, 0.3) is 0 Å². The number of carbonyl (C=O) groups excluding carboxylic acids is 2. The molecule has 104 valence electrons. The summed E-state index contributed by atoms with van der Waals surface area (Å²) in [5, 5.41) is 0. The Morgan fingerprint density at radius 1 is 1.05 bits per heavy atom.